The summed E-state index contributed by atoms with van der Waals surface area (Å²) in [6.07, 6.45) is 0. The van der Waals surface area contributed by atoms with Crippen LogP contribution in [0.15, 0.2) is 34.4 Å². The Morgan fingerprint density at radius 3 is 2.78 bits per heavy atom. The number of benzene rings is 1. The molecule has 1 heterocycles. The Kier molecular flexibility index (Phi) is 4.16. The summed E-state index contributed by atoms with van der Waals surface area (Å²) < 4.78 is 0. The van der Waals surface area contributed by atoms with Crippen molar-refractivity contribution in [3.63, 3.8) is 0 Å². The van der Waals surface area contributed by atoms with E-state index in [2.05, 4.69) is 15.5 Å². The zero-order valence-electron chi connectivity index (χ0n) is 9.17. The zero-order chi connectivity index (χ0) is 13.0. The lowest BCUT2D eigenvalue weighted by Gasteiger charge is -1.98. The van der Waals surface area contributed by atoms with Crippen molar-refractivity contribution in [2.75, 3.05) is 17.7 Å². The molecule has 0 bridgehead atoms. The SMILES string of the molecule is O=[N+]([O-])/C(=N\Nc1ccc(Cl)cc1)C1=NCCS1. The molecule has 0 saturated carbocycles. The summed E-state index contributed by atoms with van der Waals surface area (Å²) in [5.74, 6) is 0.496. The Morgan fingerprint density at radius 2 is 2.22 bits per heavy atom. The molecule has 0 amide bonds. The second-order valence-corrected chi connectivity index (χ2v) is 4.87. The first-order valence-electron chi connectivity index (χ1n) is 5.08. The van der Waals surface area contributed by atoms with Gasteiger partial charge in [0, 0.05) is 10.8 Å². The molecule has 1 N–H and O–H groups in total. The Morgan fingerprint density at radius 1 is 1.50 bits per heavy atom. The highest BCUT2D eigenvalue weighted by Crippen LogP contribution is 2.15. The molecule has 6 nitrogen and oxygen atoms in total. The van der Waals surface area contributed by atoms with Gasteiger partial charge in [0.25, 0.3) is 0 Å². The minimum Gasteiger partial charge on any atom is -0.358 e. The van der Waals surface area contributed by atoms with Gasteiger partial charge < -0.3 is 10.1 Å². The molecule has 0 saturated heterocycles. The van der Waals surface area contributed by atoms with Gasteiger partial charge in [-0.3, -0.25) is 4.99 Å². The molecular formula is C10H9ClN4O2S. The molecule has 1 aliphatic rings. The minimum absolute atomic E-state index is 0.257. The van der Waals surface area contributed by atoms with E-state index in [0.29, 0.717) is 22.3 Å². The average Bonchev–Trinajstić information content (AvgIpc) is 2.85. The molecule has 94 valence electrons. The first-order valence-corrected chi connectivity index (χ1v) is 6.44. The van der Waals surface area contributed by atoms with Crippen LogP contribution in [0.3, 0.4) is 0 Å². The number of hydrogen-bond donors (Lipinski definition) is 1. The lowest BCUT2D eigenvalue weighted by atomic mass is 10.3. The van der Waals surface area contributed by atoms with Gasteiger partial charge in [0.2, 0.25) is 0 Å². The van der Waals surface area contributed by atoms with Crippen LogP contribution in [0, 0.1) is 10.1 Å². The molecular weight excluding hydrogens is 276 g/mol. The van der Waals surface area contributed by atoms with Crippen molar-refractivity contribution in [1.82, 2.24) is 0 Å². The lowest BCUT2D eigenvalue weighted by molar-refractivity contribution is -0.345. The van der Waals surface area contributed by atoms with Crippen LogP contribution >= 0.6 is 23.4 Å². The van der Waals surface area contributed by atoms with Crippen LogP contribution < -0.4 is 5.43 Å². The van der Waals surface area contributed by atoms with Crippen LogP contribution in [0.25, 0.3) is 0 Å². The third-order valence-electron chi connectivity index (χ3n) is 2.08. The van der Waals surface area contributed by atoms with Crippen LogP contribution in [0.2, 0.25) is 5.02 Å². The van der Waals surface area contributed by atoms with Crippen molar-refractivity contribution in [3.8, 4) is 0 Å². The number of hydrazone groups is 1. The van der Waals surface area contributed by atoms with Crippen molar-refractivity contribution in [2.24, 2.45) is 10.1 Å². The molecule has 8 heteroatoms. The van der Waals surface area contributed by atoms with Crippen molar-refractivity contribution in [3.05, 3.63) is 39.4 Å². The highest BCUT2D eigenvalue weighted by atomic mass is 35.5. The maximum atomic E-state index is 10.9. The summed E-state index contributed by atoms with van der Waals surface area (Å²) in [7, 11) is 0. The van der Waals surface area contributed by atoms with Gasteiger partial charge >= 0.3 is 5.84 Å². The molecule has 2 rings (SSSR count). The quantitative estimate of drug-likeness (QED) is 0.400. The number of rotatable bonds is 3. The predicted octanol–water partition coefficient (Wildman–Crippen LogP) is 2.49. The van der Waals surface area contributed by atoms with Crippen molar-refractivity contribution in [1.29, 1.82) is 0 Å². The third-order valence-corrected chi connectivity index (χ3v) is 3.31. The van der Waals surface area contributed by atoms with Crippen molar-refractivity contribution in [2.45, 2.75) is 0 Å². The standard InChI is InChI=1S/C10H9ClN4O2S/c11-7-1-3-8(4-2-7)13-14-9(15(16)17)10-12-5-6-18-10/h1-4,13H,5-6H2/b14-9-. The molecule has 1 aromatic rings. The fourth-order valence-corrected chi connectivity index (χ4v) is 2.21. The molecule has 18 heavy (non-hydrogen) atoms. The van der Waals surface area contributed by atoms with Crippen LogP contribution in [-0.2, 0) is 0 Å². The van der Waals surface area contributed by atoms with Gasteiger partial charge in [-0.25, -0.2) is 0 Å². The number of nitro groups is 1. The highest BCUT2D eigenvalue weighted by Gasteiger charge is 2.25. The molecule has 0 unspecified atom stereocenters. The summed E-state index contributed by atoms with van der Waals surface area (Å²) in [4.78, 5) is 14.4. The number of nitrogens with one attached hydrogen (secondary N) is 1. The highest BCUT2D eigenvalue weighted by molar-refractivity contribution is 8.16. The molecule has 0 radical (unpaired) electrons. The maximum absolute atomic E-state index is 10.9. The normalized spacial score (nSPS) is 15.4. The molecule has 1 aliphatic heterocycles. The van der Waals surface area contributed by atoms with Gasteiger partial charge in [-0.1, -0.05) is 23.4 Å². The summed E-state index contributed by atoms with van der Waals surface area (Å²) in [5, 5.41) is 15.6. The number of amidine groups is 1. The maximum Gasteiger partial charge on any atom is 0.419 e. The number of hydrogen-bond acceptors (Lipinski definition) is 6. The van der Waals surface area contributed by atoms with Gasteiger partial charge in [-0.15, -0.1) is 0 Å². The van der Waals surface area contributed by atoms with E-state index in [-0.39, 0.29) is 5.84 Å². The Balaban J connectivity index is 2.13. The van der Waals surface area contributed by atoms with E-state index in [9.17, 15) is 10.1 Å². The lowest BCUT2D eigenvalue weighted by Crippen LogP contribution is -2.21. The second kappa shape index (κ2) is 5.83. The summed E-state index contributed by atoms with van der Waals surface area (Å²) >= 11 is 7.07. The average molecular weight is 285 g/mol. The van der Waals surface area contributed by atoms with Crippen LogP contribution in [0.5, 0.6) is 0 Å². The summed E-state index contributed by atoms with van der Waals surface area (Å²) in [6, 6.07) is 6.72. The van der Waals surface area contributed by atoms with E-state index in [1.54, 1.807) is 24.3 Å². The summed E-state index contributed by atoms with van der Waals surface area (Å²) in [5.41, 5.74) is 3.25. The fraction of sp³-hybridized carbons (Fsp3) is 0.200. The number of anilines is 1. The number of nitrogens with zero attached hydrogens (tertiary/aromatic N) is 3. The fourth-order valence-electron chi connectivity index (χ4n) is 1.28. The Labute approximate surface area is 112 Å². The third kappa shape index (κ3) is 3.21. The van der Waals surface area contributed by atoms with Crippen LogP contribution in [-0.4, -0.2) is 28.1 Å². The van der Waals surface area contributed by atoms with E-state index in [4.69, 9.17) is 11.6 Å². The van der Waals surface area contributed by atoms with E-state index >= 15 is 0 Å². The van der Waals surface area contributed by atoms with Gasteiger partial charge in [0.1, 0.15) is 0 Å². The largest absolute Gasteiger partial charge is 0.419 e. The molecule has 0 atom stereocenters. The van der Waals surface area contributed by atoms with Gasteiger partial charge in [-0.2, -0.15) is 5.43 Å². The first kappa shape index (κ1) is 12.8. The van der Waals surface area contributed by atoms with E-state index in [1.807, 2.05) is 0 Å². The topological polar surface area (TPSA) is 79.9 Å². The van der Waals surface area contributed by atoms with Gasteiger partial charge in [0.05, 0.1) is 17.3 Å². The molecule has 0 fully saturated rings. The molecule has 0 spiro atoms. The van der Waals surface area contributed by atoms with Crippen molar-refractivity contribution >= 4 is 39.9 Å². The zero-order valence-corrected chi connectivity index (χ0v) is 10.7. The molecule has 0 aromatic heterocycles. The molecule has 0 aliphatic carbocycles. The smallest absolute Gasteiger partial charge is 0.358 e. The summed E-state index contributed by atoms with van der Waals surface area (Å²) in [6.45, 7) is 0.591. The number of thioether (sulfide) groups is 1. The monoisotopic (exact) mass is 284 g/mol. The van der Waals surface area contributed by atoms with Crippen LogP contribution in [0.1, 0.15) is 0 Å². The van der Waals surface area contributed by atoms with Crippen LogP contribution in [0.4, 0.5) is 5.69 Å². The Hall–Kier alpha value is -1.60. The molecule has 1 aromatic carbocycles. The number of aliphatic imine (C=N–C) groups is 1. The Bertz CT molecular complexity index is 515. The number of halogens is 1. The first-order chi connectivity index (χ1) is 8.66. The van der Waals surface area contributed by atoms with E-state index in [1.165, 1.54) is 11.8 Å². The van der Waals surface area contributed by atoms with E-state index in [0.717, 1.165) is 5.75 Å². The second-order valence-electron chi connectivity index (χ2n) is 3.35. The predicted molar refractivity (Wildman–Crippen MR) is 74.3 cm³/mol. The van der Waals surface area contributed by atoms with E-state index < -0.39 is 4.92 Å². The van der Waals surface area contributed by atoms with Crippen molar-refractivity contribution < 1.29 is 4.92 Å². The van der Waals surface area contributed by atoms with Gasteiger partial charge in [0.15, 0.2) is 5.04 Å². The minimum atomic E-state index is -0.542. The van der Waals surface area contributed by atoms with Gasteiger partial charge in [-0.05, 0) is 29.2 Å².